The largest absolute Gasteiger partial charge is 0.465 e. The molecule has 3 aromatic rings. The Hall–Kier alpha value is -2.30. The molecule has 4 rings (SSSR count). The number of hydrogen-bond donors (Lipinski definition) is 1. The van der Waals surface area contributed by atoms with Crippen molar-refractivity contribution in [1.29, 1.82) is 0 Å². The number of hydrogen-bond acceptors (Lipinski definition) is 5. The van der Waals surface area contributed by atoms with Crippen molar-refractivity contribution in [3.05, 3.63) is 44.5 Å². The minimum Gasteiger partial charge on any atom is -0.465 e. The Morgan fingerprint density at radius 2 is 2.00 bits per heavy atom. The molecular weight excluding hydrogens is 478 g/mol. The lowest BCUT2D eigenvalue weighted by atomic mass is 10.2. The van der Waals surface area contributed by atoms with Crippen LogP contribution < -0.4 is 5.32 Å². The highest BCUT2D eigenvalue weighted by Gasteiger charge is 2.42. The third-order valence-electron chi connectivity index (χ3n) is 4.74. The summed E-state index contributed by atoms with van der Waals surface area (Å²) in [6.45, 7) is -0.418. The second-order valence-corrected chi connectivity index (χ2v) is 8.78. The Kier molecular flexibility index (Phi) is 5.65. The van der Waals surface area contributed by atoms with Gasteiger partial charge in [0.2, 0.25) is 5.91 Å². The van der Waals surface area contributed by atoms with Crippen molar-refractivity contribution in [3.63, 3.8) is 0 Å². The van der Waals surface area contributed by atoms with Gasteiger partial charge >= 0.3 is 12.1 Å². The number of fused-ring (bicyclic) bond motifs is 1. The number of halogens is 5. The molecule has 1 saturated carbocycles. The molecule has 0 atom stereocenters. The van der Waals surface area contributed by atoms with Crippen LogP contribution in [-0.4, -0.2) is 28.8 Å². The number of thiophene rings is 1. The number of esters is 1. The monoisotopic (exact) mass is 491 g/mol. The summed E-state index contributed by atoms with van der Waals surface area (Å²) < 4.78 is 45.9. The lowest BCUT2D eigenvalue weighted by Gasteiger charge is -2.08. The van der Waals surface area contributed by atoms with E-state index in [1.807, 2.05) is 0 Å². The quantitative estimate of drug-likeness (QED) is 0.462. The van der Waals surface area contributed by atoms with E-state index in [2.05, 4.69) is 10.4 Å². The van der Waals surface area contributed by atoms with Crippen LogP contribution in [0.1, 0.15) is 39.8 Å². The van der Waals surface area contributed by atoms with Gasteiger partial charge in [-0.25, -0.2) is 4.79 Å². The van der Waals surface area contributed by atoms with Gasteiger partial charge in [0.25, 0.3) is 0 Å². The van der Waals surface area contributed by atoms with Crippen LogP contribution >= 0.6 is 34.5 Å². The van der Waals surface area contributed by atoms with Gasteiger partial charge in [-0.05, 0) is 31.0 Å². The number of rotatable bonds is 5. The number of alkyl halides is 3. The predicted octanol–water partition coefficient (Wildman–Crippen LogP) is 5.73. The number of nitrogens with one attached hydrogen (secondary N) is 1. The Morgan fingerprint density at radius 3 is 2.61 bits per heavy atom. The number of carbonyl (C=O) groups is 2. The number of methoxy groups -OCH3 is 1. The van der Waals surface area contributed by atoms with Crippen LogP contribution in [0.4, 0.5) is 18.9 Å². The van der Waals surface area contributed by atoms with Crippen LogP contribution in [0.5, 0.6) is 0 Å². The highest BCUT2D eigenvalue weighted by molar-refractivity contribution is 7.21. The highest BCUT2D eigenvalue weighted by Crippen LogP contribution is 2.47. The molecule has 0 bridgehead atoms. The zero-order valence-electron chi connectivity index (χ0n) is 15.8. The molecule has 2 aromatic heterocycles. The van der Waals surface area contributed by atoms with Crippen molar-refractivity contribution in [1.82, 2.24) is 9.78 Å². The predicted molar refractivity (Wildman–Crippen MR) is 111 cm³/mol. The molecule has 0 spiro atoms. The summed E-state index contributed by atoms with van der Waals surface area (Å²) in [5.41, 5.74) is -0.560. The van der Waals surface area contributed by atoms with E-state index in [0.717, 1.165) is 16.0 Å². The standard InChI is InChI=1S/C19H14Cl2F3N3O3S/c1-30-18(29)16-13(20)10-5-4-9(6-11(10)31-16)25-12(28)7-27-15(8-2-3-8)14(21)17(26-27)19(22,23)24/h4-6,8H,2-3,7H2,1H3,(H,25,28). The van der Waals surface area contributed by atoms with Crippen LogP contribution in [0.2, 0.25) is 10.0 Å². The van der Waals surface area contributed by atoms with Crippen LogP contribution in [0.15, 0.2) is 18.2 Å². The molecular formula is C19H14Cl2F3N3O3S. The third kappa shape index (κ3) is 4.24. The maximum atomic E-state index is 13.2. The third-order valence-corrected chi connectivity index (χ3v) is 6.75. The van der Waals surface area contributed by atoms with E-state index in [1.54, 1.807) is 18.2 Å². The fraction of sp³-hybridized carbons (Fsp3) is 0.316. The van der Waals surface area contributed by atoms with Crippen molar-refractivity contribution >= 4 is 62.2 Å². The average molecular weight is 492 g/mol. The van der Waals surface area contributed by atoms with Gasteiger partial charge in [-0.2, -0.15) is 18.3 Å². The van der Waals surface area contributed by atoms with Gasteiger partial charge in [0.15, 0.2) is 5.69 Å². The Balaban J connectivity index is 1.57. The minimum atomic E-state index is -4.71. The molecule has 2 heterocycles. The van der Waals surface area contributed by atoms with Crippen LogP contribution in [0, 0.1) is 0 Å². The molecule has 1 aromatic carbocycles. The van der Waals surface area contributed by atoms with Crippen molar-refractivity contribution in [2.24, 2.45) is 0 Å². The zero-order valence-corrected chi connectivity index (χ0v) is 18.2. The van der Waals surface area contributed by atoms with Gasteiger partial charge in [-0.3, -0.25) is 9.48 Å². The first-order chi connectivity index (χ1) is 14.6. The van der Waals surface area contributed by atoms with Crippen molar-refractivity contribution in [2.75, 3.05) is 12.4 Å². The van der Waals surface area contributed by atoms with Crippen molar-refractivity contribution in [3.8, 4) is 0 Å². The van der Waals surface area contributed by atoms with E-state index in [-0.39, 0.29) is 21.5 Å². The molecule has 31 heavy (non-hydrogen) atoms. The van der Waals surface area contributed by atoms with Gasteiger partial charge < -0.3 is 10.1 Å². The van der Waals surface area contributed by atoms with E-state index < -0.39 is 35.3 Å². The summed E-state index contributed by atoms with van der Waals surface area (Å²) in [5, 5.41) is 6.60. The van der Waals surface area contributed by atoms with E-state index in [9.17, 15) is 22.8 Å². The lowest BCUT2D eigenvalue weighted by Crippen LogP contribution is -2.21. The van der Waals surface area contributed by atoms with Gasteiger partial charge in [0.1, 0.15) is 11.4 Å². The van der Waals surface area contributed by atoms with Crippen LogP contribution in [0.25, 0.3) is 10.1 Å². The first kappa shape index (κ1) is 21.9. The zero-order chi connectivity index (χ0) is 22.5. The summed E-state index contributed by atoms with van der Waals surface area (Å²) in [6, 6.07) is 4.84. The van der Waals surface area contributed by atoms with Gasteiger partial charge in [-0.1, -0.05) is 23.2 Å². The van der Waals surface area contributed by atoms with E-state index in [0.29, 0.717) is 28.6 Å². The Morgan fingerprint density at radius 1 is 1.29 bits per heavy atom. The topological polar surface area (TPSA) is 73.2 Å². The van der Waals surface area contributed by atoms with Gasteiger partial charge in [0.05, 0.1) is 22.8 Å². The second kappa shape index (κ2) is 7.99. The van der Waals surface area contributed by atoms with Crippen molar-refractivity contribution in [2.45, 2.75) is 31.5 Å². The number of ether oxygens (including phenoxy) is 1. The lowest BCUT2D eigenvalue weighted by molar-refractivity contribution is -0.141. The molecule has 1 aliphatic carbocycles. The maximum Gasteiger partial charge on any atom is 0.436 e. The molecule has 0 saturated heterocycles. The summed E-state index contributed by atoms with van der Waals surface area (Å²) in [7, 11) is 1.25. The summed E-state index contributed by atoms with van der Waals surface area (Å²) >= 11 is 13.2. The summed E-state index contributed by atoms with van der Waals surface area (Å²) in [6.07, 6.45) is -3.31. The molecule has 164 valence electrons. The molecule has 0 radical (unpaired) electrons. The SMILES string of the molecule is COC(=O)c1sc2cc(NC(=O)Cn3nc(C(F)(F)F)c(Cl)c3C3CC3)ccc2c1Cl. The molecule has 6 nitrogen and oxygen atoms in total. The molecule has 0 unspecified atom stereocenters. The molecule has 1 amide bonds. The minimum absolute atomic E-state index is 0.134. The Labute approximate surface area is 187 Å². The average Bonchev–Trinajstić information content (AvgIpc) is 3.40. The Bertz CT molecular complexity index is 1200. The van der Waals surface area contributed by atoms with Crippen LogP contribution in [0.3, 0.4) is 0 Å². The van der Waals surface area contributed by atoms with E-state index in [4.69, 9.17) is 27.9 Å². The first-order valence-corrected chi connectivity index (χ1v) is 10.6. The van der Waals surface area contributed by atoms with E-state index >= 15 is 0 Å². The fourth-order valence-corrected chi connectivity index (χ4v) is 5.07. The summed E-state index contributed by atoms with van der Waals surface area (Å²) in [5.74, 6) is -1.27. The first-order valence-electron chi connectivity index (χ1n) is 9.03. The maximum absolute atomic E-state index is 13.2. The fourth-order valence-electron chi connectivity index (χ4n) is 3.20. The van der Waals surface area contributed by atoms with Crippen molar-refractivity contribution < 1.29 is 27.5 Å². The second-order valence-electron chi connectivity index (χ2n) is 6.97. The number of anilines is 1. The van der Waals surface area contributed by atoms with Gasteiger partial charge in [-0.15, -0.1) is 11.3 Å². The smallest absolute Gasteiger partial charge is 0.436 e. The number of nitrogens with zero attached hydrogens (tertiary/aromatic N) is 2. The van der Waals surface area contributed by atoms with Gasteiger partial charge in [0, 0.05) is 21.7 Å². The number of amides is 1. The number of benzene rings is 1. The summed E-state index contributed by atoms with van der Waals surface area (Å²) in [4.78, 5) is 24.6. The number of carbonyl (C=O) groups excluding carboxylic acids is 2. The molecule has 1 aliphatic rings. The highest BCUT2D eigenvalue weighted by atomic mass is 35.5. The van der Waals surface area contributed by atoms with E-state index in [1.165, 1.54) is 7.11 Å². The molecule has 1 fully saturated rings. The molecule has 0 aliphatic heterocycles. The number of aromatic nitrogens is 2. The van der Waals surface area contributed by atoms with Crippen LogP contribution in [-0.2, 0) is 22.3 Å². The molecule has 1 N–H and O–H groups in total. The normalized spacial score (nSPS) is 14.1. The molecule has 12 heteroatoms.